The van der Waals surface area contributed by atoms with Crippen molar-refractivity contribution in [3.63, 3.8) is 0 Å². The first-order chi connectivity index (χ1) is 9.38. The van der Waals surface area contributed by atoms with Crippen molar-refractivity contribution in [1.82, 2.24) is 10.2 Å². The number of nitriles is 1. The fraction of sp³-hybridized carbons (Fsp3) is 0.214. The van der Waals surface area contributed by atoms with Crippen molar-refractivity contribution in [2.45, 2.75) is 5.92 Å². The lowest BCUT2D eigenvalue weighted by atomic mass is 9.96. The van der Waals surface area contributed by atoms with Crippen LogP contribution in [0, 0.1) is 11.3 Å². The monoisotopic (exact) mass is 253 g/mol. The van der Waals surface area contributed by atoms with Gasteiger partial charge in [-0.25, -0.2) is 0 Å². The summed E-state index contributed by atoms with van der Waals surface area (Å²) in [6.07, 6.45) is 1.59. The SMILES string of the molecule is N#CC(c1ccc2c(c1)OCCO2)c1cccnn1. The van der Waals surface area contributed by atoms with E-state index in [2.05, 4.69) is 16.3 Å². The van der Waals surface area contributed by atoms with Gasteiger partial charge in [-0.1, -0.05) is 6.07 Å². The number of nitrogens with zero attached hydrogens (tertiary/aromatic N) is 3. The highest BCUT2D eigenvalue weighted by Crippen LogP contribution is 2.34. The Hall–Kier alpha value is -2.61. The first kappa shape index (κ1) is 11.5. The zero-order valence-corrected chi connectivity index (χ0v) is 10.1. The molecular weight excluding hydrogens is 242 g/mol. The summed E-state index contributed by atoms with van der Waals surface area (Å²) in [5.74, 6) is 0.934. The molecule has 2 aromatic rings. The zero-order chi connectivity index (χ0) is 13.1. The maximum Gasteiger partial charge on any atom is 0.161 e. The second kappa shape index (κ2) is 4.94. The van der Waals surface area contributed by atoms with Crippen molar-refractivity contribution in [3.8, 4) is 17.6 Å². The summed E-state index contributed by atoms with van der Waals surface area (Å²) in [5.41, 5.74) is 1.45. The van der Waals surface area contributed by atoms with Crippen molar-refractivity contribution < 1.29 is 9.47 Å². The fourth-order valence-electron chi connectivity index (χ4n) is 2.02. The van der Waals surface area contributed by atoms with E-state index in [0.717, 1.165) is 5.56 Å². The average Bonchev–Trinajstić information content (AvgIpc) is 2.49. The third-order valence-electron chi connectivity index (χ3n) is 2.92. The molecule has 0 spiro atoms. The molecule has 0 saturated carbocycles. The Morgan fingerprint density at radius 3 is 2.74 bits per heavy atom. The summed E-state index contributed by atoms with van der Waals surface area (Å²) >= 11 is 0. The molecule has 0 amide bonds. The number of hydrogen-bond donors (Lipinski definition) is 0. The quantitative estimate of drug-likeness (QED) is 0.817. The van der Waals surface area contributed by atoms with Gasteiger partial charge < -0.3 is 9.47 Å². The normalized spacial score (nSPS) is 14.5. The van der Waals surface area contributed by atoms with Gasteiger partial charge in [-0.15, -0.1) is 0 Å². The van der Waals surface area contributed by atoms with E-state index in [0.29, 0.717) is 30.4 Å². The minimum atomic E-state index is -0.454. The smallest absolute Gasteiger partial charge is 0.161 e. The Balaban J connectivity index is 1.99. The molecule has 94 valence electrons. The molecule has 0 fully saturated rings. The van der Waals surface area contributed by atoms with E-state index in [9.17, 15) is 5.26 Å². The number of benzene rings is 1. The molecule has 0 saturated heterocycles. The van der Waals surface area contributed by atoms with Crippen LogP contribution in [0.1, 0.15) is 17.2 Å². The Morgan fingerprint density at radius 2 is 2.00 bits per heavy atom. The Morgan fingerprint density at radius 1 is 1.16 bits per heavy atom. The lowest BCUT2D eigenvalue weighted by Crippen LogP contribution is -2.15. The van der Waals surface area contributed by atoms with Crippen LogP contribution in [0.25, 0.3) is 0 Å². The molecule has 0 aliphatic carbocycles. The Bertz CT molecular complexity index is 622. The van der Waals surface area contributed by atoms with E-state index in [1.165, 1.54) is 0 Å². The molecule has 1 unspecified atom stereocenters. The second-order valence-electron chi connectivity index (χ2n) is 4.11. The second-order valence-corrected chi connectivity index (χ2v) is 4.11. The topological polar surface area (TPSA) is 68.0 Å². The van der Waals surface area contributed by atoms with Gasteiger partial charge in [0.2, 0.25) is 0 Å². The van der Waals surface area contributed by atoms with E-state index in [1.54, 1.807) is 18.3 Å². The molecule has 3 rings (SSSR count). The fourth-order valence-corrected chi connectivity index (χ4v) is 2.02. The van der Waals surface area contributed by atoms with Crippen molar-refractivity contribution in [2.75, 3.05) is 13.2 Å². The summed E-state index contributed by atoms with van der Waals surface area (Å²) in [5, 5.41) is 17.2. The van der Waals surface area contributed by atoms with Crippen molar-refractivity contribution >= 4 is 0 Å². The number of hydrogen-bond acceptors (Lipinski definition) is 5. The molecule has 0 N–H and O–H groups in total. The van der Waals surface area contributed by atoms with Gasteiger partial charge in [-0.3, -0.25) is 0 Å². The van der Waals surface area contributed by atoms with E-state index < -0.39 is 5.92 Å². The van der Waals surface area contributed by atoms with Crippen LogP contribution in [0.3, 0.4) is 0 Å². The molecule has 5 heteroatoms. The van der Waals surface area contributed by atoms with Gasteiger partial charge in [0.15, 0.2) is 11.5 Å². The molecule has 1 aliphatic heterocycles. The molecule has 2 heterocycles. The molecule has 0 bridgehead atoms. The highest BCUT2D eigenvalue weighted by Gasteiger charge is 2.19. The Kier molecular flexibility index (Phi) is 2.99. The van der Waals surface area contributed by atoms with Gasteiger partial charge in [0, 0.05) is 6.20 Å². The summed E-state index contributed by atoms with van der Waals surface area (Å²) in [4.78, 5) is 0. The van der Waals surface area contributed by atoms with Gasteiger partial charge in [-0.05, 0) is 29.8 Å². The minimum absolute atomic E-state index is 0.454. The van der Waals surface area contributed by atoms with Crippen molar-refractivity contribution in [2.24, 2.45) is 0 Å². The van der Waals surface area contributed by atoms with Gasteiger partial charge in [0.05, 0.1) is 11.8 Å². The summed E-state index contributed by atoms with van der Waals surface area (Å²) in [6, 6.07) is 11.3. The van der Waals surface area contributed by atoms with Crippen LogP contribution < -0.4 is 9.47 Å². The largest absolute Gasteiger partial charge is 0.486 e. The molecule has 1 aliphatic rings. The van der Waals surface area contributed by atoms with Crippen LogP contribution in [0.15, 0.2) is 36.5 Å². The molecule has 1 aromatic heterocycles. The highest BCUT2D eigenvalue weighted by molar-refractivity contribution is 5.47. The lowest BCUT2D eigenvalue weighted by molar-refractivity contribution is 0.171. The van der Waals surface area contributed by atoms with Crippen LogP contribution in [0.2, 0.25) is 0 Å². The maximum atomic E-state index is 9.35. The number of rotatable bonds is 2. The van der Waals surface area contributed by atoms with Crippen LogP contribution in [-0.2, 0) is 0 Å². The molecular formula is C14H11N3O2. The average molecular weight is 253 g/mol. The van der Waals surface area contributed by atoms with Crippen LogP contribution in [0.4, 0.5) is 0 Å². The summed E-state index contributed by atoms with van der Waals surface area (Å²) in [7, 11) is 0. The van der Waals surface area contributed by atoms with E-state index in [1.807, 2.05) is 18.2 Å². The first-order valence-electron chi connectivity index (χ1n) is 5.95. The predicted octanol–water partition coefficient (Wildman–Crippen LogP) is 1.90. The van der Waals surface area contributed by atoms with Crippen LogP contribution in [-0.4, -0.2) is 23.4 Å². The van der Waals surface area contributed by atoms with Crippen LogP contribution >= 0.6 is 0 Å². The number of aromatic nitrogens is 2. The third-order valence-corrected chi connectivity index (χ3v) is 2.92. The standard InChI is InChI=1S/C14H11N3O2/c15-9-11(12-2-1-5-16-17-12)10-3-4-13-14(8-10)19-7-6-18-13/h1-5,8,11H,6-7H2. The first-order valence-corrected chi connectivity index (χ1v) is 5.95. The van der Waals surface area contributed by atoms with E-state index in [-0.39, 0.29) is 0 Å². The maximum absolute atomic E-state index is 9.35. The van der Waals surface area contributed by atoms with Gasteiger partial charge >= 0.3 is 0 Å². The zero-order valence-electron chi connectivity index (χ0n) is 10.1. The number of fused-ring (bicyclic) bond motifs is 1. The molecule has 1 atom stereocenters. The summed E-state index contributed by atoms with van der Waals surface area (Å²) < 4.78 is 11.0. The van der Waals surface area contributed by atoms with Crippen LogP contribution in [0.5, 0.6) is 11.5 Å². The number of ether oxygens (including phenoxy) is 2. The Labute approximate surface area is 110 Å². The van der Waals surface area contributed by atoms with Gasteiger partial charge in [0.25, 0.3) is 0 Å². The van der Waals surface area contributed by atoms with Gasteiger partial charge in [0.1, 0.15) is 19.1 Å². The van der Waals surface area contributed by atoms with E-state index >= 15 is 0 Å². The lowest BCUT2D eigenvalue weighted by Gasteiger charge is -2.19. The van der Waals surface area contributed by atoms with Crippen molar-refractivity contribution in [3.05, 3.63) is 47.8 Å². The summed E-state index contributed by atoms with van der Waals surface area (Å²) in [6.45, 7) is 1.08. The molecule has 19 heavy (non-hydrogen) atoms. The van der Waals surface area contributed by atoms with Crippen molar-refractivity contribution in [1.29, 1.82) is 5.26 Å². The van der Waals surface area contributed by atoms with Gasteiger partial charge in [-0.2, -0.15) is 15.5 Å². The molecule has 0 radical (unpaired) electrons. The predicted molar refractivity (Wildman–Crippen MR) is 66.9 cm³/mol. The third kappa shape index (κ3) is 2.20. The molecule has 1 aromatic carbocycles. The highest BCUT2D eigenvalue weighted by atomic mass is 16.6. The van der Waals surface area contributed by atoms with E-state index in [4.69, 9.17) is 9.47 Å². The molecule has 5 nitrogen and oxygen atoms in total. The minimum Gasteiger partial charge on any atom is -0.486 e.